The van der Waals surface area contributed by atoms with Gasteiger partial charge in [0.1, 0.15) is 0 Å². The van der Waals surface area contributed by atoms with Gasteiger partial charge < -0.3 is 10.2 Å². The van der Waals surface area contributed by atoms with Gasteiger partial charge in [-0.25, -0.2) is 0 Å². The third-order valence-electron chi connectivity index (χ3n) is 8.26. The molecule has 7 aromatic rings. The Kier molecular flexibility index (Phi) is 5.49. The molecule has 0 bridgehead atoms. The van der Waals surface area contributed by atoms with E-state index in [1.165, 1.54) is 48.7 Å². The standard InChI is InChI=1S/C37H28O2/c1-23-28(20-34-29-14-6-2-10-24(29)18-25-11-3-7-15-30(25)34)21-36(38)37(39)33(23)22-35-31-16-8-4-12-26(31)19-27-13-5-9-17-32(27)35/h2-19,21,38-39H,20,22H2,1H3. The van der Waals surface area contributed by atoms with E-state index in [2.05, 4.69) is 116 Å². The molecule has 0 fully saturated rings. The lowest BCUT2D eigenvalue weighted by atomic mass is 9.86. The quantitative estimate of drug-likeness (QED) is 0.185. The number of hydrogen-bond donors (Lipinski definition) is 2. The van der Waals surface area contributed by atoms with Crippen LogP contribution in [0.15, 0.2) is 115 Å². The zero-order valence-electron chi connectivity index (χ0n) is 21.8. The minimum absolute atomic E-state index is 0.0314. The summed E-state index contributed by atoms with van der Waals surface area (Å²) >= 11 is 0. The normalized spacial score (nSPS) is 11.6. The van der Waals surface area contributed by atoms with Crippen molar-refractivity contribution in [3.05, 3.63) is 143 Å². The van der Waals surface area contributed by atoms with Gasteiger partial charge in [-0.15, -0.1) is 0 Å². The van der Waals surface area contributed by atoms with E-state index in [9.17, 15) is 10.2 Å². The number of fused-ring (bicyclic) bond motifs is 4. The Morgan fingerprint density at radius 1 is 0.462 bits per heavy atom. The van der Waals surface area contributed by atoms with Crippen molar-refractivity contribution >= 4 is 43.1 Å². The monoisotopic (exact) mass is 504 g/mol. The van der Waals surface area contributed by atoms with Gasteiger partial charge in [0.05, 0.1) is 0 Å². The van der Waals surface area contributed by atoms with Gasteiger partial charge in [-0.2, -0.15) is 0 Å². The van der Waals surface area contributed by atoms with Crippen molar-refractivity contribution in [2.75, 3.05) is 0 Å². The molecule has 0 saturated carbocycles. The molecule has 0 amide bonds. The van der Waals surface area contributed by atoms with Crippen LogP contribution < -0.4 is 0 Å². The fraction of sp³-hybridized carbons (Fsp3) is 0.0811. The Morgan fingerprint density at radius 3 is 1.28 bits per heavy atom. The zero-order valence-corrected chi connectivity index (χ0v) is 21.8. The highest BCUT2D eigenvalue weighted by atomic mass is 16.3. The fourth-order valence-corrected chi connectivity index (χ4v) is 6.23. The van der Waals surface area contributed by atoms with Crippen LogP contribution in [0.25, 0.3) is 43.1 Å². The van der Waals surface area contributed by atoms with E-state index in [-0.39, 0.29) is 11.5 Å². The van der Waals surface area contributed by atoms with E-state index in [0.717, 1.165) is 22.3 Å². The molecule has 7 rings (SSSR count). The van der Waals surface area contributed by atoms with Crippen LogP contribution in [0.4, 0.5) is 0 Å². The van der Waals surface area contributed by atoms with Gasteiger partial charge in [0.2, 0.25) is 0 Å². The predicted molar refractivity (Wildman–Crippen MR) is 163 cm³/mol. The van der Waals surface area contributed by atoms with Crippen molar-refractivity contribution in [1.82, 2.24) is 0 Å². The highest BCUT2D eigenvalue weighted by Gasteiger charge is 2.19. The number of phenols is 2. The van der Waals surface area contributed by atoms with Gasteiger partial charge in [0.25, 0.3) is 0 Å². The molecule has 0 aliphatic rings. The number of rotatable bonds is 4. The highest BCUT2D eigenvalue weighted by Crippen LogP contribution is 2.40. The van der Waals surface area contributed by atoms with Crippen molar-refractivity contribution < 1.29 is 10.2 Å². The third-order valence-corrected chi connectivity index (χ3v) is 8.26. The second kappa shape index (κ2) is 9.18. The van der Waals surface area contributed by atoms with Crippen molar-refractivity contribution in [3.63, 3.8) is 0 Å². The van der Waals surface area contributed by atoms with Gasteiger partial charge in [-0.1, -0.05) is 97.1 Å². The lowest BCUT2D eigenvalue weighted by molar-refractivity contribution is 0.399. The first-order chi connectivity index (χ1) is 19.1. The van der Waals surface area contributed by atoms with Crippen LogP contribution in [0.5, 0.6) is 11.5 Å². The Labute approximate surface area is 227 Å². The summed E-state index contributed by atoms with van der Waals surface area (Å²) in [4.78, 5) is 0. The molecule has 0 unspecified atom stereocenters. The van der Waals surface area contributed by atoms with E-state index in [1.807, 2.05) is 0 Å². The van der Waals surface area contributed by atoms with E-state index in [4.69, 9.17) is 0 Å². The van der Waals surface area contributed by atoms with E-state index >= 15 is 0 Å². The molecule has 39 heavy (non-hydrogen) atoms. The Bertz CT molecular complexity index is 1940. The minimum Gasteiger partial charge on any atom is -0.504 e. The molecule has 0 saturated heterocycles. The largest absolute Gasteiger partial charge is 0.504 e. The summed E-state index contributed by atoms with van der Waals surface area (Å²) in [5.41, 5.74) is 5.20. The first-order valence-corrected chi connectivity index (χ1v) is 13.4. The average Bonchev–Trinajstić information content (AvgIpc) is 2.97. The molecule has 2 nitrogen and oxygen atoms in total. The van der Waals surface area contributed by atoms with Crippen LogP contribution in [0, 0.1) is 6.92 Å². The minimum atomic E-state index is -0.0697. The van der Waals surface area contributed by atoms with Gasteiger partial charge in [0.15, 0.2) is 11.5 Å². The maximum absolute atomic E-state index is 11.2. The Hall–Kier alpha value is -4.82. The smallest absolute Gasteiger partial charge is 0.161 e. The Balaban J connectivity index is 1.42. The molecular weight excluding hydrogens is 476 g/mol. The summed E-state index contributed by atoms with van der Waals surface area (Å²) < 4.78 is 0. The van der Waals surface area contributed by atoms with Crippen molar-refractivity contribution in [1.29, 1.82) is 0 Å². The summed E-state index contributed by atoms with van der Waals surface area (Å²) in [6.45, 7) is 2.07. The number of hydrogen-bond acceptors (Lipinski definition) is 2. The summed E-state index contributed by atoms with van der Waals surface area (Å²) in [7, 11) is 0. The average molecular weight is 505 g/mol. The van der Waals surface area contributed by atoms with E-state index in [1.54, 1.807) is 6.07 Å². The fourth-order valence-electron chi connectivity index (χ4n) is 6.23. The van der Waals surface area contributed by atoms with Gasteiger partial charge in [-0.05, 0) is 96.9 Å². The maximum Gasteiger partial charge on any atom is 0.161 e. The van der Waals surface area contributed by atoms with Crippen LogP contribution >= 0.6 is 0 Å². The van der Waals surface area contributed by atoms with Gasteiger partial charge >= 0.3 is 0 Å². The third kappa shape index (κ3) is 3.88. The highest BCUT2D eigenvalue weighted by molar-refractivity contribution is 6.03. The van der Waals surface area contributed by atoms with Crippen LogP contribution in [-0.4, -0.2) is 10.2 Å². The van der Waals surface area contributed by atoms with Gasteiger partial charge in [0, 0.05) is 12.0 Å². The molecule has 0 aliphatic heterocycles. The molecule has 0 atom stereocenters. The van der Waals surface area contributed by atoms with Crippen molar-refractivity contribution in [2.24, 2.45) is 0 Å². The van der Waals surface area contributed by atoms with E-state index < -0.39 is 0 Å². The summed E-state index contributed by atoms with van der Waals surface area (Å²) in [5.74, 6) is -0.101. The lowest BCUT2D eigenvalue weighted by Gasteiger charge is -2.19. The summed E-state index contributed by atoms with van der Waals surface area (Å²) in [6, 6.07) is 40.0. The molecule has 0 aromatic heterocycles. The summed E-state index contributed by atoms with van der Waals surface area (Å²) in [5, 5.41) is 31.6. The second-order valence-electron chi connectivity index (χ2n) is 10.5. The molecule has 7 aromatic carbocycles. The van der Waals surface area contributed by atoms with Crippen LogP contribution in [0.3, 0.4) is 0 Å². The first-order valence-electron chi connectivity index (χ1n) is 13.4. The molecule has 188 valence electrons. The SMILES string of the molecule is Cc1c(Cc2c3ccccc3cc3ccccc23)cc(O)c(O)c1Cc1c2ccccc2cc2ccccc12. The topological polar surface area (TPSA) is 40.5 Å². The molecule has 0 radical (unpaired) electrons. The number of aromatic hydroxyl groups is 2. The Morgan fingerprint density at radius 2 is 0.846 bits per heavy atom. The molecule has 2 N–H and O–H groups in total. The predicted octanol–water partition coefficient (Wildman–Crippen LogP) is 9.20. The number of benzene rings is 7. The van der Waals surface area contributed by atoms with Crippen LogP contribution in [0.1, 0.15) is 27.8 Å². The number of phenolic OH excluding ortho intramolecular Hbond substituents is 2. The van der Waals surface area contributed by atoms with Crippen molar-refractivity contribution in [3.8, 4) is 11.5 Å². The summed E-state index contributed by atoms with van der Waals surface area (Å²) in [6.07, 6.45) is 1.18. The van der Waals surface area contributed by atoms with Gasteiger partial charge in [-0.3, -0.25) is 0 Å². The molecule has 0 spiro atoms. The maximum atomic E-state index is 11.2. The molecule has 2 heteroatoms. The molecule has 0 aliphatic carbocycles. The first kappa shape index (κ1) is 23.3. The second-order valence-corrected chi connectivity index (χ2v) is 10.5. The zero-order chi connectivity index (χ0) is 26.5. The molecular formula is C37H28O2. The van der Waals surface area contributed by atoms with Crippen LogP contribution in [0.2, 0.25) is 0 Å². The van der Waals surface area contributed by atoms with Crippen molar-refractivity contribution in [2.45, 2.75) is 19.8 Å². The van der Waals surface area contributed by atoms with E-state index in [0.29, 0.717) is 12.8 Å². The van der Waals surface area contributed by atoms with Crippen LogP contribution in [-0.2, 0) is 12.8 Å². The lowest BCUT2D eigenvalue weighted by Crippen LogP contribution is -2.02. The molecule has 0 heterocycles.